The Labute approximate surface area is 98.9 Å². The molecule has 0 aromatic carbocycles. The molecule has 88 valence electrons. The van der Waals surface area contributed by atoms with E-state index < -0.39 is 5.97 Å². The highest BCUT2D eigenvalue weighted by atomic mass is 32.1. The van der Waals surface area contributed by atoms with Crippen LogP contribution in [-0.2, 0) is 6.54 Å². The van der Waals surface area contributed by atoms with Gasteiger partial charge in [-0.25, -0.2) is 9.78 Å². The third-order valence-electron chi connectivity index (χ3n) is 2.78. The van der Waals surface area contributed by atoms with E-state index in [1.165, 1.54) is 24.2 Å². The van der Waals surface area contributed by atoms with Gasteiger partial charge in [0.05, 0.1) is 5.69 Å². The number of hydrogen-bond donors (Lipinski definition) is 1. The van der Waals surface area contributed by atoms with Crippen molar-refractivity contribution in [3.05, 3.63) is 16.1 Å². The normalized spacial score (nSPS) is 15.6. The topological polar surface area (TPSA) is 53.4 Å². The monoisotopic (exact) mass is 240 g/mol. The Balaban J connectivity index is 1.92. The summed E-state index contributed by atoms with van der Waals surface area (Å²) in [5.74, 6) is -0.0704. The van der Waals surface area contributed by atoms with Crippen LogP contribution in [0.3, 0.4) is 0 Å². The first-order valence-corrected chi connectivity index (χ1v) is 6.47. The smallest absolute Gasteiger partial charge is 0.365 e. The van der Waals surface area contributed by atoms with Gasteiger partial charge in [-0.15, -0.1) is 11.3 Å². The molecule has 0 spiro atoms. The van der Waals surface area contributed by atoms with Gasteiger partial charge in [-0.1, -0.05) is 6.92 Å². The van der Waals surface area contributed by atoms with Gasteiger partial charge in [0.1, 0.15) is 0 Å². The minimum Gasteiger partial charge on any atom is -0.476 e. The van der Waals surface area contributed by atoms with Crippen LogP contribution >= 0.6 is 11.3 Å². The van der Waals surface area contributed by atoms with Crippen LogP contribution < -0.4 is 0 Å². The maximum atomic E-state index is 10.7. The van der Waals surface area contributed by atoms with Crippen LogP contribution in [0.5, 0.6) is 0 Å². The molecule has 1 aromatic heterocycles. The van der Waals surface area contributed by atoms with Crippen LogP contribution in [0.15, 0.2) is 5.38 Å². The summed E-state index contributed by atoms with van der Waals surface area (Å²) in [6.45, 7) is 5.02. The molecule has 4 nitrogen and oxygen atoms in total. The summed E-state index contributed by atoms with van der Waals surface area (Å²) in [4.78, 5) is 17.1. The fraction of sp³-hybridized carbons (Fsp3) is 0.636. The van der Waals surface area contributed by atoms with Gasteiger partial charge >= 0.3 is 5.97 Å². The minimum absolute atomic E-state index is 0.192. The third kappa shape index (κ3) is 3.02. The summed E-state index contributed by atoms with van der Waals surface area (Å²) in [6.07, 6.45) is 2.68. The van der Waals surface area contributed by atoms with Crippen molar-refractivity contribution in [3.63, 3.8) is 0 Å². The molecule has 0 amide bonds. The number of carboxylic acids is 1. The van der Waals surface area contributed by atoms with Crippen molar-refractivity contribution in [2.45, 2.75) is 26.3 Å². The Kier molecular flexibility index (Phi) is 3.56. The van der Waals surface area contributed by atoms with Gasteiger partial charge in [0, 0.05) is 18.5 Å². The zero-order valence-electron chi connectivity index (χ0n) is 9.35. The first kappa shape index (κ1) is 11.5. The number of thiazole rings is 1. The molecular formula is C11H16N2O2S. The van der Waals surface area contributed by atoms with Crippen molar-refractivity contribution >= 4 is 17.3 Å². The Morgan fingerprint density at radius 2 is 2.44 bits per heavy atom. The molecule has 1 saturated carbocycles. The second kappa shape index (κ2) is 4.93. The van der Waals surface area contributed by atoms with E-state index in [-0.39, 0.29) is 5.01 Å². The highest BCUT2D eigenvalue weighted by Gasteiger charge is 2.24. The zero-order chi connectivity index (χ0) is 11.5. The molecule has 0 aliphatic heterocycles. The van der Waals surface area contributed by atoms with Crippen molar-refractivity contribution in [1.82, 2.24) is 9.88 Å². The molecule has 5 heteroatoms. The summed E-state index contributed by atoms with van der Waals surface area (Å²) >= 11 is 1.21. The second-order valence-corrected chi connectivity index (χ2v) is 5.08. The average molecular weight is 240 g/mol. The lowest BCUT2D eigenvalue weighted by Gasteiger charge is -2.18. The predicted molar refractivity (Wildman–Crippen MR) is 62.7 cm³/mol. The standard InChI is InChI=1S/C11H16N2O2S/c1-2-13(5-8-3-4-8)6-9-7-16-10(12-9)11(14)15/h7-8H,2-6H2,1H3,(H,14,15). The fourth-order valence-corrected chi connectivity index (χ4v) is 2.32. The number of carboxylic acid groups (broad SMARTS) is 1. The molecule has 0 bridgehead atoms. The van der Waals surface area contributed by atoms with Crippen molar-refractivity contribution in [1.29, 1.82) is 0 Å². The lowest BCUT2D eigenvalue weighted by Crippen LogP contribution is -2.25. The van der Waals surface area contributed by atoms with E-state index in [1.807, 2.05) is 5.38 Å². The Bertz CT molecular complexity index is 374. The molecule has 2 rings (SSSR count). The fourth-order valence-electron chi connectivity index (χ4n) is 1.68. The molecule has 1 aliphatic rings. The molecule has 1 aromatic rings. The number of aromatic carboxylic acids is 1. The lowest BCUT2D eigenvalue weighted by molar-refractivity contribution is 0.0696. The maximum absolute atomic E-state index is 10.7. The van der Waals surface area contributed by atoms with Gasteiger partial charge in [0.2, 0.25) is 5.01 Å². The number of aromatic nitrogens is 1. The predicted octanol–water partition coefficient (Wildman–Crippen LogP) is 2.07. The van der Waals surface area contributed by atoms with Crippen molar-refractivity contribution in [2.24, 2.45) is 5.92 Å². The highest BCUT2D eigenvalue weighted by molar-refractivity contribution is 7.11. The SMILES string of the molecule is CCN(Cc1csc(C(=O)O)n1)CC1CC1. The van der Waals surface area contributed by atoms with Gasteiger partial charge in [-0.2, -0.15) is 0 Å². The maximum Gasteiger partial charge on any atom is 0.365 e. The minimum atomic E-state index is -0.929. The average Bonchev–Trinajstić information content (AvgIpc) is 2.93. The summed E-state index contributed by atoms with van der Waals surface area (Å²) in [5.41, 5.74) is 0.880. The van der Waals surface area contributed by atoms with Gasteiger partial charge in [0.25, 0.3) is 0 Å². The van der Waals surface area contributed by atoms with E-state index in [2.05, 4.69) is 16.8 Å². The van der Waals surface area contributed by atoms with Gasteiger partial charge in [-0.3, -0.25) is 4.90 Å². The molecule has 16 heavy (non-hydrogen) atoms. The van der Waals surface area contributed by atoms with Crippen molar-refractivity contribution in [3.8, 4) is 0 Å². The number of rotatable bonds is 6. The van der Waals surface area contributed by atoms with Gasteiger partial charge in [0.15, 0.2) is 0 Å². The second-order valence-electron chi connectivity index (χ2n) is 4.22. The van der Waals surface area contributed by atoms with Gasteiger partial charge < -0.3 is 5.11 Å². The van der Waals surface area contributed by atoms with Gasteiger partial charge in [-0.05, 0) is 25.3 Å². The number of hydrogen-bond acceptors (Lipinski definition) is 4. The quantitative estimate of drug-likeness (QED) is 0.827. The Morgan fingerprint density at radius 1 is 1.69 bits per heavy atom. The first-order valence-electron chi connectivity index (χ1n) is 5.59. The van der Waals surface area contributed by atoms with E-state index >= 15 is 0 Å². The molecule has 1 heterocycles. The van der Waals surface area contributed by atoms with Crippen LogP contribution in [0.25, 0.3) is 0 Å². The number of carbonyl (C=O) groups is 1. The molecule has 1 N–H and O–H groups in total. The van der Waals surface area contributed by atoms with E-state index in [4.69, 9.17) is 5.11 Å². The van der Waals surface area contributed by atoms with Crippen LogP contribution in [-0.4, -0.2) is 34.0 Å². The van der Waals surface area contributed by atoms with E-state index in [9.17, 15) is 4.79 Å². The molecule has 0 atom stereocenters. The van der Waals surface area contributed by atoms with Crippen LogP contribution in [0, 0.1) is 5.92 Å². The molecule has 0 unspecified atom stereocenters. The molecule has 1 aliphatic carbocycles. The molecule has 0 saturated heterocycles. The highest BCUT2D eigenvalue weighted by Crippen LogP contribution is 2.30. The van der Waals surface area contributed by atoms with E-state index in [1.54, 1.807) is 0 Å². The largest absolute Gasteiger partial charge is 0.476 e. The Hall–Kier alpha value is -0.940. The first-order chi connectivity index (χ1) is 7.69. The summed E-state index contributed by atoms with van der Waals surface area (Å²) in [5, 5.41) is 10.8. The van der Waals surface area contributed by atoms with Crippen molar-refractivity contribution < 1.29 is 9.90 Å². The summed E-state index contributed by atoms with van der Waals surface area (Å²) in [6, 6.07) is 0. The van der Waals surface area contributed by atoms with E-state index in [0.717, 1.165) is 31.2 Å². The van der Waals surface area contributed by atoms with Crippen LogP contribution in [0.4, 0.5) is 0 Å². The Morgan fingerprint density at radius 3 is 2.94 bits per heavy atom. The molecule has 1 fully saturated rings. The van der Waals surface area contributed by atoms with E-state index in [0.29, 0.717) is 0 Å². The molecule has 0 radical (unpaired) electrons. The zero-order valence-corrected chi connectivity index (χ0v) is 10.2. The number of nitrogens with zero attached hydrogens (tertiary/aromatic N) is 2. The summed E-state index contributed by atoms with van der Waals surface area (Å²) < 4.78 is 0. The van der Waals surface area contributed by atoms with Crippen LogP contribution in [0.2, 0.25) is 0 Å². The van der Waals surface area contributed by atoms with Crippen molar-refractivity contribution in [2.75, 3.05) is 13.1 Å². The third-order valence-corrected chi connectivity index (χ3v) is 3.66. The summed E-state index contributed by atoms with van der Waals surface area (Å²) in [7, 11) is 0. The van der Waals surface area contributed by atoms with Crippen LogP contribution in [0.1, 0.15) is 35.3 Å². The molecular weight excluding hydrogens is 224 g/mol. The lowest BCUT2D eigenvalue weighted by atomic mass is 10.3.